The largest absolute Gasteiger partial charge is 0.392 e. The van der Waals surface area contributed by atoms with Gasteiger partial charge >= 0.3 is 0 Å². The number of nitrogens with zero attached hydrogens (tertiary/aromatic N) is 6. The topological polar surface area (TPSA) is 172 Å². The first kappa shape index (κ1) is 24.4. The molecule has 3 aromatic heterocycles. The fourth-order valence-corrected chi connectivity index (χ4v) is 7.06. The number of benzene rings is 1. The maximum atomic E-state index is 14.5. The number of anilines is 1. The Morgan fingerprint density at radius 1 is 1.24 bits per heavy atom. The van der Waals surface area contributed by atoms with Crippen molar-refractivity contribution in [1.29, 1.82) is 0 Å². The van der Waals surface area contributed by atoms with Crippen molar-refractivity contribution in [2.45, 2.75) is 55.2 Å². The van der Waals surface area contributed by atoms with Crippen LogP contribution in [-0.2, 0) is 16.4 Å². The third-order valence-corrected chi connectivity index (χ3v) is 8.73. The molecule has 1 amide bonds. The number of hydrogen-bond acceptors (Lipinski definition) is 9. The van der Waals surface area contributed by atoms with Gasteiger partial charge in [-0.2, -0.15) is 14.7 Å². The van der Waals surface area contributed by atoms with E-state index in [2.05, 4.69) is 20.3 Å². The van der Waals surface area contributed by atoms with Gasteiger partial charge in [0.2, 0.25) is 5.82 Å². The van der Waals surface area contributed by atoms with E-state index >= 15 is 0 Å². The van der Waals surface area contributed by atoms with Gasteiger partial charge in [0, 0.05) is 35.4 Å². The Morgan fingerprint density at radius 2 is 1.97 bits per heavy atom. The minimum absolute atomic E-state index is 0.0776. The Hall–Kier alpha value is -3.91. The van der Waals surface area contributed by atoms with Crippen LogP contribution >= 0.6 is 0 Å². The number of aliphatic hydroxyl groups excluding tert-OH is 1. The number of fused-ring (bicyclic) bond motifs is 3. The lowest BCUT2D eigenvalue weighted by molar-refractivity contribution is 0.0556. The van der Waals surface area contributed by atoms with Crippen LogP contribution in [-0.4, -0.2) is 72.5 Å². The van der Waals surface area contributed by atoms with Gasteiger partial charge in [-0.3, -0.25) is 9.89 Å². The molecule has 5 heterocycles. The molecule has 0 aliphatic carbocycles. The Balaban J connectivity index is 1.47. The number of halogens is 1. The van der Waals surface area contributed by atoms with Crippen LogP contribution in [0.1, 0.15) is 53.5 Å². The van der Waals surface area contributed by atoms with Crippen molar-refractivity contribution in [3.05, 3.63) is 53.6 Å². The van der Waals surface area contributed by atoms with Crippen LogP contribution in [0, 0.1) is 5.82 Å². The fraction of sp³-hybridized carbons (Fsp3) is 0.375. The van der Waals surface area contributed by atoms with Crippen LogP contribution in [0.15, 0.2) is 35.6 Å². The van der Waals surface area contributed by atoms with E-state index in [1.807, 2.05) is 4.90 Å². The van der Waals surface area contributed by atoms with E-state index in [1.165, 1.54) is 29.2 Å². The number of amides is 1. The molecule has 4 aromatic rings. The molecule has 2 bridgehead atoms. The summed E-state index contributed by atoms with van der Waals surface area (Å²) in [7, 11) is -3.81. The van der Waals surface area contributed by atoms with Crippen LogP contribution in [0.5, 0.6) is 0 Å². The third-order valence-electron chi connectivity index (χ3n) is 7.57. The van der Waals surface area contributed by atoms with Crippen molar-refractivity contribution in [3.63, 3.8) is 0 Å². The number of aromatic nitrogens is 6. The van der Waals surface area contributed by atoms with Crippen molar-refractivity contribution in [3.8, 4) is 11.1 Å². The van der Waals surface area contributed by atoms with E-state index in [-0.39, 0.29) is 51.7 Å². The monoisotopic (exact) mass is 540 g/mol. The van der Waals surface area contributed by atoms with Crippen molar-refractivity contribution in [2.24, 2.45) is 0 Å². The predicted octanol–water partition coefficient (Wildman–Crippen LogP) is 1.68. The summed E-state index contributed by atoms with van der Waals surface area (Å²) in [6, 6.07) is 4.15. The predicted molar refractivity (Wildman–Crippen MR) is 133 cm³/mol. The van der Waals surface area contributed by atoms with Gasteiger partial charge in [-0.15, -0.1) is 0 Å². The summed E-state index contributed by atoms with van der Waals surface area (Å²) in [5.74, 6) is -1.03. The van der Waals surface area contributed by atoms with Crippen LogP contribution in [0.3, 0.4) is 0 Å². The number of aromatic amines is 1. The highest BCUT2D eigenvalue weighted by Crippen LogP contribution is 2.45. The van der Waals surface area contributed by atoms with E-state index < -0.39 is 22.3 Å². The first-order chi connectivity index (χ1) is 18.2. The Bertz CT molecular complexity index is 1660. The van der Waals surface area contributed by atoms with E-state index in [1.54, 1.807) is 6.07 Å². The van der Waals surface area contributed by atoms with E-state index in [0.29, 0.717) is 29.7 Å². The molecule has 0 saturated carbocycles. The second-order valence-electron chi connectivity index (χ2n) is 9.80. The van der Waals surface area contributed by atoms with Crippen molar-refractivity contribution >= 4 is 27.2 Å². The van der Waals surface area contributed by atoms with Gasteiger partial charge in [0.15, 0.2) is 15.5 Å². The number of nitrogen functional groups attached to an aromatic ring is 1. The van der Waals surface area contributed by atoms with Crippen LogP contribution in [0.4, 0.5) is 10.2 Å². The maximum absolute atomic E-state index is 14.5. The number of H-pyrrole nitrogens is 1. The fourth-order valence-electron chi connectivity index (χ4n) is 6.00. The molecule has 6 rings (SSSR count). The van der Waals surface area contributed by atoms with E-state index in [9.17, 15) is 22.7 Å². The van der Waals surface area contributed by atoms with Gasteiger partial charge in [0.05, 0.1) is 18.5 Å². The maximum Gasteiger partial charge on any atom is 0.291 e. The van der Waals surface area contributed by atoms with Gasteiger partial charge in [-0.25, -0.2) is 22.8 Å². The molecule has 1 unspecified atom stereocenters. The first-order valence-electron chi connectivity index (χ1n) is 12.1. The van der Waals surface area contributed by atoms with Crippen LogP contribution < -0.4 is 5.73 Å². The molecule has 38 heavy (non-hydrogen) atoms. The number of rotatable bonds is 5. The first-order valence-corrected chi connectivity index (χ1v) is 14.0. The number of sulfone groups is 1. The molecule has 0 radical (unpaired) electrons. The van der Waals surface area contributed by atoms with Crippen molar-refractivity contribution < 1.29 is 22.7 Å². The molecule has 12 nitrogen and oxygen atoms in total. The number of carbonyl (C=O) groups excluding carboxylic acids is 1. The normalized spacial score (nSPS) is 21.3. The number of hydrogen-bond donors (Lipinski definition) is 3. The SMILES string of the molecule is CS(=O)(=O)c1c(C2C[C@H]3CC[C@@H](C2)N3C(=O)c2ncn[nH]2)nc2c(-c3cccc(F)c3CO)cnn2c1N. The summed E-state index contributed by atoms with van der Waals surface area (Å²) in [5.41, 5.74) is 7.86. The molecule has 2 aliphatic rings. The van der Waals surface area contributed by atoms with Gasteiger partial charge in [-0.05, 0) is 37.3 Å². The Morgan fingerprint density at radius 3 is 2.61 bits per heavy atom. The summed E-state index contributed by atoms with van der Waals surface area (Å²) in [6.45, 7) is -0.538. The molecule has 1 aromatic carbocycles. The van der Waals surface area contributed by atoms with Crippen LogP contribution in [0.25, 0.3) is 16.8 Å². The highest BCUT2D eigenvalue weighted by Gasteiger charge is 2.46. The highest BCUT2D eigenvalue weighted by molar-refractivity contribution is 7.91. The molecular formula is C24H25FN8O4S. The van der Waals surface area contributed by atoms with Crippen molar-refractivity contribution in [2.75, 3.05) is 12.0 Å². The summed E-state index contributed by atoms with van der Waals surface area (Å²) < 4.78 is 41.6. The van der Waals surface area contributed by atoms with Gasteiger partial charge in [0.25, 0.3) is 5.91 Å². The minimum atomic E-state index is -3.81. The molecule has 3 atom stereocenters. The zero-order valence-corrected chi connectivity index (χ0v) is 21.2. The van der Waals surface area contributed by atoms with E-state index in [0.717, 1.165) is 19.1 Å². The zero-order valence-electron chi connectivity index (χ0n) is 20.4. The third kappa shape index (κ3) is 3.74. The molecule has 4 N–H and O–H groups in total. The standard InChI is InChI=1S/C24H25FN8O4S/c1-38(36,37)20-19(12-7-13-5-6-14(8-12)32(13)24(35)22-27-11-28-31-22)30-23-16(9-29-33(23)21(20)26)15-3-2-4-18(25)17(15)10-34/h2-4,9,11-14,34H,5-8,10,26H2,1H3,(H,27,28,31)/t12?,13-,14+. The Labute approximate surface area is 216 Å². The average Bonchev–Trinajstić information content (AvgIpc) is 3.61. The molecular weight excluding hydrogens is 515 g/mol. The molecule has 2 fully saturated rings. The lowest BCUT2D eigenvalue weighted by atomic mass is 9.87. The summed E-state index contributed by atoms with van der Waals surface area (Å²) >= 11 is 0. The quantitative estimate of drug-likeness (QED) is 0.340. The number of nitrogens with two attached hydrogens (primary N) is 1. The second-order valence-corrected chi connectivity index (χ2v) is 11.8. The number of carbonyl (C=O) groups is 1. The Kier molecular flexibility index (Phi) is 5.68. The summed E-state index contributed by atoms with van der Waals surface area (Å²) in [5, 5.41) is 20.5. The van der Waals surface area contributed by atoms with Gasteiger partial charge in [-0.1, -0.05) is 12.1 Å². The summed E-state index contributed by atoms with van der Waals surface area (Å²) in [6.07, 6.45) is 6.33. The molecule has 0 spiro atoms. The second kappa shape index (κ2) is 8.84. The average molecular weight is 541 g/mol. The molecule has 2 saturated heterocycles. The van der Waals surface area contributed by atoms with Gasteiger partial charge in [0.1, 0.15) is 22.9 Å². The lowest BCUT2D eigenvalue weighted by Crippen LogP contribution is -2.46. The zero-order chi connectivity index (χ0) is 26.8. The van der Waals surface area contributed by atoms with Crippen LogP contribution in [0.2, 0.25) is 0 Å². The lowest BCUT2D eigenvalue weighted by Gasteiger charge is -2.38. The van der Waals surface area contributed by atoms with Crippen molar-refractivity contribution in [1.82, 2.24) is 34.7 Å². The molecule has 198 valence electrons. The molecule has 2 aliphatic heterocycles. The number of aliphatic hydroxyl groups is 1. The number of nitrogens with one attached hydrogen (secondary N) is 1. The number of piperidine rings is 1. The van der Waals surface area contributed by atoms with E-state index in [4.69, 9.17) is 10.7 Å². The smallest absolute Gasteiger partial charge is 0.291 e. The summed E-state index contributed by atoms with van der Waals surface area (Å²) in [4.78, 5) is 23.6. The highest BCUT2D eigenvalue weighted by atomic mass is 32.2. The van der Waals surface area contributed by atoms with Gasteiger partial charge < -0.3 is 15.7 Å². The minimum Gasteiger partial charge on any atom is -0.392 e. The molecule has 14 heteroatoms.